The summed E-state index contributed by atoms with van der Waals surface area (Å²) in [6, 6.07) is 5.69. The fourth-order valence-electron chi connectivity index (χ4n) is 4.71. The molecule has 1 heterocycles. The van der Waals surface area contributed by atoms with E-state index in [1.807, 2.05) is 12.1 Å². The Balaban J connectivity index is 1.74. The number of fused-ring (bicyclic) bond motifs is 1. The van der Waals surface area contributed by atoms with Gasteiger partial charge < -0.3 is 15.5 Å². The fraction of sp³-hybridized carbons (Fsp3) is 0.591. The molecule has 3 N–H and O–H groups in total. The van der Waals surface area contributed by atoms with Gasteiger partial charge in [0.15, 0.2) is 0 Å². The molecule has 0 aliphatic heterocycles. The van der Waals surface area contributed by atoms with E-state index in [1.54, 1.807) is 12.3 Å². The van der Waals surface area contributed by atoms with E-state index in [0.29, 0.717) is 22.1 Å². The summed E-state index contributed by atoms with van der Waals surface area (Å²) in [5.74, 6) is 1.31. The van der Waals surface area contributed by atoms with Crippen LogP contribution in [0.5, 0.6) is 5.75 Å². The number of rotatable bonds is 6. The summed E-state index contributed by atoms with van der Waals surface area (Å²) < 4.78 is 6.26. The van der Waals surface area contributed by atoms with Gasteiger partial charge in [0.2, 0.25) is 0 Å². The van der Waals surface area contributed by atoms with Gasteiger partial charge in [0, 0.05) is 17.6 Å². The number of benzene rings is 1. The summed E-state index contributed by atoms with van der Waals surface area (Å²) >= 11 is 6.39. The van der Waals surface area contributed by atoms with Crippen LogP contribution in [0.4, 0.5) is 0 Å². The standard InChI is InChI=1S/C22H31ClN2O2/c1-4-20(24)22(13-14(2)3)8-5-16(6-9-22)27-19-11-15-7-10-25-21(26)17(15)12-18(19)23/h7,10-12,14,16,20H,4-6,8-9,13,24H2,1-3H3,(H,25,26). The molecule has 0 amide bonds. The Labute approximate surface area is 166 Å². The van der Waals surface area contributed by atoms with Crippen LogP contribution in [0.1, 0.15) is 59.3 Å². The Morgan fingerprint density at radius 3 is 2.67 bits per heavy atom. The lowest BCUT2D eigenvalue weighted by molar-refractivity contribution is 0.0444. The summed E-state index contributed by atoms with van der Waals surface area (Å²) in [4.78, 5) is 14.6. The van der Waals surface area contributed by atoms with Gasteiger partial charge in [-0.05, 0) is 73.4 Å². The number of pyridine rings is 1. The summed E-state index contributed by atoms with van der Waals surface area (Å²) in [7, 11) is 0. The maximum Gasteiger partial charge on any atom is 0.255 e. The highest BCUT2D eigenvalue weighted by atomic mass is 35.5. The maximum atomic E-state index is 11.9. The van der Waals surface area contributed by atoms with Crippen LogP contribution in [0.3, 0.4) is 0 Å². The normalized spacial score (nSPS) is 24.3. The van der Waals surface area contributed by atoms with Crippen LogP contribution >= 0.6 is 11.6 Å². The lowest BCUT2D eigenvalue weighted by Gasteiger charge is -2.45. The third-order valence-electron chi connectivity index (χ3n) is 6.09. The fourth-order valence-corrected chi connectivity index (χ4v) is 4.92. The second-order valence-electron chi connectivity index (χ2n) is 8.47. The molecule has 1 aliphatic rings. The van der Waals surface area contributed by atoms with Crippen molar-refractivity contribution in [3.05, 3.63) is 39.8 Å². The van der Waals surface area contributed by atoms with Crippen molar-refractivity contribution >= 4 is 22.4 Å². The SMILES string of the molecule is CCC(N)C1(CC(C)C)CCC(Oc2cc3cc[nH]c(=O)c3cc2Cl)CC1. The zero-order valence-electron chi connectivity index (χ0n) is 16.6. The van der Waals surface area contributed by atoms with Gasteiger partial charge in [-0.15, -0.1) is 0 Å². The van der Waals surface area contributed by atoms with Gasteiger partial charge >= 0.3 is 0 Å². The van der Waals surface area contributed by atoms with Crippen molar-refractivity contribution in [1.82, 2.24) is 4.98 Å². The summed E-state index contributed by atoms with van der Waals surface area (Å²) in [5, 5.41) is 1.92. The van der Waals surface area contributed by atoms with Crippen molar-refractivity contribution in [3.63, 3.8) is 0 Å². The van der Waals surface area contributed by atoms with E-state index in [-0.39, 0.29) is 23.1 Å². The van der Waals surface area contributed by atoms with Gasteiger partial charge in [-0.25, -0.2) is 0 Å². The summed E-state index contributed by atoms with van der Waals surface area (Å²) in [5.41, 5.74) is 6.63. The van der Waals surface area contributed by atoms with Crippen molar-refractivity contribution in [2.75, 3.05) is 0 Å². The van der Waals surface area contributed by atoms with E-state index in [2.05, 4.69) is 25.8 Å². The van der Waals surface area contributed by atoms with E-state index in [1.165, 1.54) is 6.42 Å². The predicted molar refractivity (Wildman–Crippen MR) is 113 cm³/mol. The third kappa shape index (κ3) is 4.33. The van der Waals surface area contributed by atoms with E-state index in [0.717, 1.165) is 37.5 Å². The van der Waals surface area contributed by atoms with Crippen molar-refractivity contribution in [2.45, 2.75) is 71.4 Å². The number of halogens is 1. The number of hydrogen-bond donors (Lipinski definition) is 2. The van der Waals surface area contributed by atoms with Crippen LogP contribution < -0.4 is 16.0 Å². The smallest absolute Gasteiger partial charge is 0.255 e. The lowest BCUT2D eigenvalue weighted by Crippen LogP contribution is -2.46. The molecular weight excluding hydrogens is 360 g/mol. The van der Waals surface area contributed by atoms with Gasteiger partial charge in [-0.3, -0.25) is 4.79 Å². The molecule has 5 heteroatoms. The molecule has 1 saturated carbocycles. The molecule has 1 unspecified atom stereocenters. The number of aromatic amines is 1. The maximum absolute atomic E-state index is 11.9. The van der Waals surface area contributed by atoms with Gasteiger partial charge in [-0.2, -0.15) is 0 Å². The molecule has 2 aromatic rings. The number of H-pyrrole nitrogens is 1. The average molecular weight is 391 g/mol. The van der Waals surface area contributed by atoms with Crippen molar-refractivity contribution in [2.24, 2.45) is 17.1 Å². The Kier molecular flexibility index (Phi) is 6.17. The minimum absolute atomic E-state index is 0.134. The summed E-state index contributed by atoms with van der Waals surface area (Å²) in [6.45, 7) is 6.75. The molecule has 1 aliphatic carbocycles. The quantitative estimate of drug-likeness (QED) is 0.705. The highest BCUT2D eigenvalue weighted by Gasteiger charge is 2.40. The Hall–Kier alpha value is -1.52. The molecule has 148 valence electrons. The van der Waals surface area contributed by atoms with Crippen LogP contribution in [-0.2, 0) is 0 Å². The first-order valence-electron chi connectivity index (χ1n) is 10.1. The molecule has 0 spiro atoms. The first-order chi connectivity index (χ1) is 12.8. The lowest BCUT2D eigenvalue weighted by atomic mass is 9.64. The monoisotopic (exact) mass is 390 g/mol. The molecule has 0 bridgehead atoms. The van der Waals surface area contributed by atoms with Gasteiger partial charge in [-0.1, -0.05) is 32.4 Å². The summed E-state index contributed by atoms with van der Waals surface area (Å²) in [6.07, 6.45) is 8.15. The zero-order valence-corrected chi connectivity index (χ0v) is 17.3. The largest absolute Gasteiger partial charge is 0.489 e. The molecule has 1 aromatic heterocycles. The van der Waals surface area contributed by atoms with E-state index >= 15 is 0 Å². The van der Waals surface area contributed by atoms with Gasteiger partial charge in [0.25, 0.3) is 5.56 Å². The van der Waals surface area contributed by atoms with Crippen molar-refractivity contribution < 1.29 is 4.74 Å². The molecule has 0 saturated heterocycles. The van der Waals surface area contributed by atoms with E-state index in [4.69, 9.17) is 22.1 Å². The van der Waals surface area contributed by atoms with Crippen LogP contribution in [0.25, 0.3) is 10.8 Å². The average Bonchev–Trinajstić information content (AvgIpc) is 2.64. The number of aromatic nitrogens is 1. The minimum atomic E-state index is -0.134. The van der Waals surface area contributed by atoms with Crippen LogP contribution in [-0.4, -0.2) is 17.1 Å². The number of nitrogens with one attached hydrogen (secondary N) is 1. The van der Waals surface area contributed by atoms with Gasteiger partial charge in [0.1, 0.15) is 5.75 Å². The van der Waals surface area contributed by atoms with Crippen molar-refractivity contribution in [3.8, 4) is 5.75 Å². The minimum Gasteiger partial charge on any atom is -0.489 e. The third-order valence-corrected chi connectivity index (χ3v) is 6.38. The van der Waals surface area contributed by atoms with Crippen LogP contribution in [0, 0.1) is 11.3 Å². The molecule has 27 heavy (non-hydrogen) atoms. The Morgan fingerprint density at radius 2 is 2.04 bits per heavy atom. The molecular formula is C22H31ClN2O2. The first kappa shape index (κ1) is 20.2. The molecule has 1 aromatic carbocycles. The van der Waals surface area contributed by atoms with Crippen molar-refractivity contribution in [1.29, 1.82) is 0 Å². The highest BCUT2D eigenvalue weighted by Crippen LogP contribution is 2.45. The molecule has 4 nitrogen and oxygen atoms in total. The van der Waals surface area contributed by atoms with E-state index < -0.39 is 0 Å². The topological polar surface area (TPSA) is 68.1 Å². The Morgan fingerprint density at radius 1 is 1.33 bits per heavy atom. The second-order valence-corrected chi connectivity index (χ2v) is 8.88. The van der Waals surface area contributed by atoms with Gasteiger partial charge in [0.05, 0.1) is 11.1 Å². The Bertz CT molecular complexity index is 838. The van der Waals surface area contributed by atoms with E-state index in [9.17, 15) is 4.79 Å². The molecule has 1 atom stereocenters. The van der Waals surface area contributed by atoms with Crippen LogP contribution in [0.15, 0.2) is 29.2 Å². The molecule has 1 fully saturated rings. The second kappa shape index (κ2) is 8.24. The van der Waals surface area contributed by atoms with Crippen LogP contribution in [0.2, 0.25) is 5.02 Å². The molecule has 0 radical (unpaired) electrons. The zero-order chi connectivity index (χ0) is 19.6. The number of ether oxygens (including phenoxy) is 1. The number of nitrogens with two attached hydrogens (primary N) is 1. The first-order valence-corrected chi connectivity index (χ1v) is 10.5. The molecule has 3 rings (SSSR count). The highest BCUT2D eigenvalue weighted by molar-refractivity contribution is 6.32. The predicted octanol–water partition coefficient (Wildman–Crippen LogP) is 5.27. The number of hydrogen-bond acceptors (Lipinski definition) is 3.